The van der Waals surface area contributed by atoms with Crippen molar-refractivity contribution in [2.75, 3.05) is 32.8 Å². The first-order valence-corrected chi connectivity index (χ1v) is 6.88. The highest BCUT2D eigenvalue weighted by Gasteiger charge is 2.16. The number of benzene rings is 1. The highest BCUT2D eigenvalue weighted by atomic mass is 35.5. The van der Waals surface area contributed by atoms with Gasteiger partial charge in [-0.3, -0.25) is 9.69 Å². The normalized spacial score (nSPS) is 18.0. The molecule has 0 spiro atoms. The molecule has 1 amide bonds. The van der Waals surface area contributed by atoms with Crippen molar-refractivity contribution >= 4 is 17.5 Å². The van der Waals surface area contributed by atoms with Crippen molar-refractivity contribution in [3.05, 3.63) is 34.9 Å². The Bertz CT molecular complexity index is 433. The van der Waals surface area contributed by atoms with Crippen molar-refractivity contribution in [3.8, 4) is 0 Å². The van der Waals surface area contributed by atoms with Crippen LogP contribution in [-0.4, -0.2) is 43.7 Å². The van der Waals surface area contributed by atoms with E-state index in [1.807, 2.05) is 31.2 Å². The SMILES string of the molecule is C[C@H](NC(=O)CN1CCOCC1)c1cccc(Cl)c1. The quantitative estimate of drug-likeness (QED) is 0.916. The summed E-state index contributed by atoms with van der Waals surface area (Å²) in [6.45, 7) is 5.43. The maximum Gasteiger partial charge on any atom is 0.234 e. The van der Waals surface area contributed by atoms with E-state index in [0.29, 0.717) is 24.8 Å². The molecule has 1 aliphatic heterocycles. The molecular weight excluding hydrogens is 264 g/mol. The number of ether oxygens (including phenoxy) is 1. The summed E-state index contributed by atoms with van der Waals surface area (Å²) >= 11 is 5.95. The molecule has 0 radical (unpaired) electrons. The van der Waals surface area contributed by atoms with Crippen molar-refractivity contribution in [1.29, 1.82) is 0 Å². The van der Waals surface area contributed by atoms with Gasteiger partial charge in [0.25, 0.3) is 0 Å². The van der Waals surface area contributed by atoms with Crippen molar-refractivity contribution in [2.24, 2.45) is 0 Å². The molecule has 1 aromatic rings. The van der Waals surface area contributed by atoms with Crippen LogP contribution in [0.15, 0.2) is 24.3 Å². The number of hydrogen-bond donors (Lipinski definition) is 1. The third kappa shape index (κ3) is 4.49. The summed E-state index contributed by atoms with van der Waals surface area (Å²) in [6, 6.07) is 7.52. The zero-order chi connectivity index (χ0) is 13.7. The van der Waals surface area contributed by atoms with Gasteiger partial charge >= 0.3 is 0 Å². The number of nitrogens with one attached hydrogen (secondary N) is 1. The molecule has 0 unspecified atom stereocenters. The van der Waals surface area contributed by atoms with Crippen molar-refractivity contribution in [3.63, 3.8) is 0 Å². The van der Waals surface area contributed by atoms with Crippen LogP contribution in [0.3, 0.4) is 0 Å². The van der Waals surface area contributed by atoms with E-state index < -0.39 is 0 Å². The lowest BCUT2D eigenvalue weighted by Gasteiger charge is -2.26. The summed E-state index contributed by atoms with van der Waals surface area (Å²) in [7, 11) is 0. The predicted molar refractivity (Wildman–Crippen MR) is 75.3 cm³/mol. The molecule has 1 fully saturated rings. The van der Waals surface area contributed by atoms with Gasteiger partial charge in [0.05, 0.1) is 25.8 Å². The molecule has 104 valence electrons. The minimum atomic E-state index is -0.0350. The monoisotopic (exact) mass is 282 g/mol. The number of morpholine rings is 1. The molecule has 1 heterocycles. The summed E-state index contributed by atoms with van der Waals surface area (Å²) in [5.74, 6) is 0.0365. The summed E-state index contributed by atoms with van der Waals surface area (Å²) < 4.78 is 5.26. The summed E-state index contributed by atoms with van der Waals surface area (Å²) in [5.41, 5.74) is 1.02. The third-order valence-corrected chi connectivity index (χ3v) is 3.43. The number of carbonyl (C=O) groups excluding carboxylic acids is 1. The highest BCUT2D eigenvalue weighted by Crippen LogP contribution is 2.17. The van der Waals surface area contributed by atoms with Crippen LogP contribution in [-0.2, 0) is 9.53 Å². The lowest BCUT2D eigenvalue weighted by molar-refractivity contribution is -0.123. The second-order valence-electron chi connectivity index (χ2n) is 4.73. The Hall–Kier alpha value is -1.10. The Morgan fingerprint density at radius 3 is 2.89 bits per heavy atom. The van der Waals surface area contributed by atoms with Gasteiger partial charge in [0.15, 0.2) is 0 Å². The van der Waals surface area contributed by atoms with Crippen molar-refractivity contribution in [2.45, 2.75) is 13.0 Å². The minimum absolute atomic E-state index is 0.0350. The van der Waals surface area contributed by atoms with E-state index in [9.17, 15) is 4.79 Å². The molecule has 0 bridgehead atoms. The molecule has 2 rings (SSSR count). The number of nitrogens with zero attached hydrogens (tertiary/aromatic N) is 1. The molecule has 0 saturated carbocycles. The van der Waals surface area contributed by atoms with Crippen molar-refractivity contribution in [1.82, 2.24) is 10.2 Å². The van der Waals surface area contributed by atoms with E-state index in [1.54, 1.807) is 0 Å². The second-order valence-corrected chi connectivity index (χ2v) is 5.17. The Morgan fingerprint density at radius 2 is 2.21 bits per heavy atom. The maximum atomic E-state index is 12.0. The summed E-state index contributed by atoms with van der Waals surface area (Å²) in [5, 5.41) is 3.68. The first kappa shape index (κ1) is 14.3. The highest BCUT2D eigenvalue weighted by molar-refractivity contribution is 6.30. The molecule has 1 aromatic carbocycles. The molecule has 5 heteroatoms. The zero-order valence-corrected chi connectivity index (χ0v) is 11.8. The largest absolute Gasteiger partial charge is 0.379 e. The first-order chi connectivity index (χ1) is 9.15. The number of halogens is 1. The molecule has 1 atom stereocenters. The fraction of sp³-hybridized carbons (Fsp3) is 0.500. The van der Waals surface area contributed by atoms with Gasteiger partial charge in [-0.15, -0.1) is 0 Å². The molecule has 0 aliphatic carbocycles. The van der Waals surface area contributed by atoms with Gasteiger partial charge in [-0.05, 0) is 24.6 Å². The predicted octanol–water partition coefficient (Wildman–Crippen LogP) is 1.85. The van der Waals surface area contributed by atoms with Gasteiger partial charge in [0.1, 0.15) is 0 Å². The van der Waals surface area contributed by atoms with Gasteiger partial charge < -0.3 is 10.1 Å². The molecule has 1 saturated heterocycles. The Morgan fingerprint density at radius 1 is 1.47 bits per heavy atom. The van der Waals surface area contributed by atoms with E-state index in [4.69, 9.17) is 16.3 Å². The van der Waals surface area contributed by atoms with Crippen LogP contribution in [0.4, 0.5) is 0 Å². The molecule has 1 aliphatic rings. The van der Waals surface area contributed by atoms with Crippen LogP contribution in [0.25, 0.3) is 0 Å². The topological polar surface area (TPSA) is 41.6 Å². The van der Waals surface area contributed by atoms with Crippen LogP contribution < -0.4 is 5.32 Å². The van der Waals surface area contributed by atoms with Crippen LogP contribution in [0.2, 0.25) is 5.02 Å². The lowest BCUT2D eigenvalue weighted by atomic mass is 10.1. The summed E-state index contributed by atoms with van der Waals surface area (Å²) in [4.78, 5) is 14.1. The number of amides is 1. The first-order valence-electron chi connectivity index (χ1n) is 6.50. The Balaban J connectivity index is 1.84. The molecule has 0 aromatic heterocycles. The van der Waals surface area contributed by atoms with Gasteiger partial charge in [0.2, 0.25) is 5.91 Å². The molecular formula is C14H19ClN2O2. The standard InChI is InChI=1S/C14H19ClN2O2/c1-11(12-3-2-4-13(15)9-12)16-14(18)10-17-5-7-19-8-6-17/h2-4,9,11H,5-8,10H2,1H3,(H,16,18)/t11-/m0/s1. The fourth-order valence-corrected chi connectivity index (χ4v) is 2.31. The third-order valence-electron chi connectivity index (χ3n) is 3.20. The molecule has 1 N–H and O–H groups in total. The average molecular weight is 283 g/mol. The second kappa shape index (κ2) is 6.89. The van der Waals surface area contributed by atoms with E-state index in [-0.39, 0.29) is 11.9 Å². The number of rotatable bonds is 4. The average Bonchev–Trinajstić information content (AvgIpc) is 2.39. The smallest absolute Gasteiger partial charge is 0.234 e. The molecule has 4 nitrogen and oxygen atoms in total. The van der Waals surface area contributed by atoms with Crippen LogP contribution >= 0.6 is 11.6 Å². The van der Waals surface area contributed by atoms with Crippen molar-refractivity contribution < 1.29 is 9.53 Å². The van der Waals surface area contributed by atoms with Crippen LogP contribution in [0, 0.1) is 0 Å². The minimum Gasteiger partial charge on any atom is -0.379 e. The van der Waals surface area contributed by atoms with Crippen LogP contribution in [0.1, 0.15) is 18.5 Å². The fourth-order valence-electron chi connectivity index (χ4n) is 2.11. The van der Waals surface area contributed by atoms with E-state index in [2.05, 4.69) is 10.2 Å². The van der Waals surface area contributed by atoms with Gasteiger partial charge in [-0.2, -0.15) is 0 Å². The van der Waals surface area contributed by atoms with Crippen LogP contribution in [0.5, 0.6) is 0 Å². The van der Waals surface area contributed by atoms with E-state index in [0.717, 1.165) is 18.7 Å². The van der Waals surface area contributed by atoms with E-state index >= 15 is 0 Å². The van der Waals surface area contributed by atoms with Gasteiger partial charge in [-0.25, -0.2) is 0 Å². The van der Waals surface area contributed by atoms with E-state index in [1.165, 1.54) is 0 Å². The Kier molecular flexibility index (Phi) is 5.19. The van der Waals surface area contributed by atoms with Gasteiger partial charge in [-0.1, -0.05) is 23.7 Å². The lowest BCUT2D eigenvalue weighted by Crippen LogP contribution is -2.43. The zero-order valence-electron chi connectivity index (χ0n) is 11.1. The molecule has 19 heavy (non-hydrogen) atoms. The summed E-state index contributed by atoms with van der Waals surface area (Å²) in [6.07, 6.45) is 0. The Labute approximate surface area is 118 Å². The maximum absolute atomic E-state index is 12.0. The number of carbonyl (C=O) groups is 1. The number of hydrogen-bond acceptors (Lipinski definition) is 3. The van der Waals surface area contributed by atoms with Gasteiger partial charge in [0, 0.05) is 18.1 Å².